The highest BCUT2D eigenvalue weighted by molar-refractivity contribution is 5.85. The van der Waals surface area contributed by atoms with Gasteiger partial charge < -0.3 is 14.9 Å². The van der Waals surface area contributed by atoms with Crippen molar-refractivity contribution in [1.29, 1.82) is 0 Å². The smallest absolute Gasteiger partial charge is 0.331 e. The van der Waals surface area contributed by atoms with Gasteiger partial charge >= 0.3 is 5.97 Å². The quantitative estimate of drug-likeness (QED) is 0.519. The van der Waals surface area contributed by atoms with Gasteiger partial charge in [-0.1, -0.05) is 19.9 Å². The molecule has 0 unspecified atom stereocenters. The van der Waals surface area contributed by atoms with Gasteiger partial charge in [0, 0.05) is 12.5 Å². The number of hydrogen-bond acceptors (Lipinski definition) is 4. The van der Waals surface area contributed by atoms with Gasteiger partial charge in [0.05, 0.1) is 12.7 Å². The number of esters is 1. The van der Waals surface area contributed by atoms with E-state index in [0.717, 1.165) is 0 Å². The summed E-state index contributed by atoms with van der Waals surface area (Å²) in [6.45, 7) is 5.28. The van der Waals surface area contributed by atoms with E-state index in [2.05, 4.69) is 6.58 Å². The van der Waals surface area contributed by atoms with E-state index in [1.54, 1.807) is 12.2 Å². The summed E-state index contributed by atoms with van der Waals surface area (Å²) in [6, 6.07) is 0. The van der Waals surface area contributed by atoms with Crippen LogP contribution in [-0.2, 0) is 9.53 Å². The Hall–Kier alpha value is -1.13. The highest BCUT2D eigenvalue weighted by Crippen LogP contribution is 2.31. The second kappa shape index (κ2) is 5.27. The zero-order chi connectivity index (χ0) is 12.2. The summed E-state index contributed by atoms with van der Waals surface area (Å²) in [6.07, 6.45) is 4.91. The molecule has 0 saturated carbocycles. The lowest BCUT2D eigenvalue weighted by atomic mass is 9.85. The van der Waals surface area contributed by atoms with Crippen LogP contribution >= 0.6 is 0 Å². The summed E-state index contributed by atoms with van der Waals surface area (Å²) in [7, 11) is 0. The minimum atomic E-state index is -0.825. The molecule has 0 aromatic heterocycles. The zero-order valence-corrected chi connectivity index (χ0v) is 9.43. The van der Waals surface area contributed by atoms with Crippen LogP contribution in [0.15, 0.2) is 24.8 Å². The normalized spacial score (nSPS) is 27.6. The third-order valence-electron chi connectivity index (χ3n) is 2.97. The molecule has 1 rings (SSSR count). The average Bonchev–Trinajstić information content (AvgIpc) is 2.67. The molecule has 0 aliphatic carbocycles. The van der Waals surface area contributed by atoms with Gasteiger partial charge in [0.2, 0.25) is 0 Å². The van der Waals surface area contributed by atoms with Gasteiger partial charge in [-0.25, -0.2) is 4.79 Å². The molecule has 1 aliphatic rings. The Morgan fingerprint density at radius 1 is 1.69 bits per heavy atom. The van der Waals surface area contributed by atoms with Crippen LogP contribution in [0, 0.1) is 5.92 Å². The fourth-order valence-electron chi connectivity index (χ4n) is 1.88. The van der Waals surface area contributed by atoms with Gasteiger partial charge in [-0.2, -0.15) is 0 Å². The van der Waals surface area contributed by atoms with Crippen molar-refractivity contribution in [2.24, 2.45) is 5.92 Å². The summed E-state index contributed by atoms with van der Waals surface area (Å²) >= 11 is 0. The standard InChI is InChI=1S/C12H18O4/c1-3-9(10(14)8-13)7-12(4-2)6-5-11(15)16-12/h4-6,9-10,13-14H,2-3,7-8H2,1H3/t9-,10-,12-/m1/s1. The monoisotopic (exact) mass is 226 g/mol. The van der Waals surface area contributed by atoms with Crippen molar-refractivity contribution in [3.05, 3.63) is 24.8 Å². The highest BCUT2D eigenvalue weighted by Gasteiger charge is 2.36. The SMILES string of the molecule is C=C[C@]1(C[C@@H](CC)[C@H](O)CO)C=CC(=O)O1. The number of carbonyl (C=O) groups excluding carboxylic acids is 1. The summed E-state index contributed by atoms with van der Waals surface area (Å²) < 4.78 is 5.16. The Morgan fingerprint density at radius 2 is 2.38 bits per heavy atom. The lowest BCUT2D eigenvalue weighted by Crippen LogP contribution is -2.34. The Morgan fingerprint density at radius 3 is 2.75 bits per heavy atom. The molecular weight excluding hydrogens is 208 g/mol. The number of carbonyl (C=O) groups is 1. The first-order chi connectivity index (χ1) is 7.56. The fourth-order valence-corrected chi connectivity index (χ4v) is 1.88. The molecule has 1 heterocycles. The highest BCUT2D eigenvalue weighted by atomic mass is 16.6. The van der Waals surface area contributed by atoms with Crippen LogP contribution in [0.3, 0.4) is 0 Å². The van der Waals surface area contributed by atoms with Gasteiger partial charge in [0.1, 0.15) is 5.60 Å². The van der Waals surface area contributed by atoms with Gasteiger partial charge in [-0.05, 0) is 18.1 Å². The van der Waals surface area contributed by atoms with E-state index in [1.807, 2.05) is 6.92 Å². The Bertz CT molecular complexity index is 297. The molecule has 0 fully saturated rings. The van der Waals surface area contributed by atoms with Crippen molar-refractivity contribution in [1.82, 2.24) is 0 Å². The summed E-state index contributed by atoms with van der Waals surface area (Å²) in [5, 5.41) is 18.5. The number of aliphatic hydroxyl groups is 2. The third-order valence-corrected chi connectivity index (χ3v) is 2.97. The number of rotatable bonds is 6. The minimum Gasteiger partial charge on any atom is -0.447 e. The summed E-state index contributed by atoms with van der Waals surface area (Å²) in [5.41, 5.74) is -0.825. The number of aliphatic hydroxyl groups excluding tert-OH is 2. The number of ether oxygens (including phenoxy) is 1. The van der Waals surface area contributed by atoms with Crippen LogP contribution in [0.2, 0.25) is 0 Å². The van der Waals surface area contributed by atoms with E-state index < -0.39 is 17.7 Å². The summed E-state index contributed by atoms with van der Waals surface area (Å²) in [4.78, 5) is 11.1. The first-order valence-corrected chi connectivity index (χ1v) is 5.41. The first kappa shape index (κ1) is 12.9. The second-order valence-corrected chi connectivity index (χ2v) is 4.04. The number of cyclic esters (lactones) is 1. The molecule has 4 heteroatoms. The van der Waals surface area contributed by atoms with Gasteiger partial charge in [-0.15, -0.1) is 0 Å². The van der Waals surface area contributed by atoms with Gasteiger partial charge in [-0.3, -0.25) is 0 Å². The van der Waals surface area contributed by atoms with Crippen LogP contribution in [0.4, 0.5) is 0 Å². The lowest BCUT2D eigenvalue weighted by molar-refractivity contribution is -0.144. The van der Waals surface area contributed by atoms with Crippen molar-refractivity contribution in [2.45, 2.75) is 31.5 Å². The molecule has 0 amide bonds. The van der Waals surface area contributed by atoms with Crippen LogP contribution in [0.5, 0.6) is 0 Å². The predicted octanol–water partition coefficient (Wildman–Crippen LogP) is 0.794. The number of hydrogen-bond donors (Lipinski definition) is 2. The van der Waals surface area contributed by atoms with E-state index in [-0.39, 0.29) is 12.5 Å². The Balaban J connectivity index is 2.73. The van der Waals surface area contributed by atoms with E-state index >= 15 is 0 Å². The molecular formula is C12H18O4. The van der Waals surface area contributed by atoms with Crippen LogP contribution in [0.1, 0.15) is 19.8 Å². The van der Waals surface area contributed by atoms with E-state index in [1.165, 1.54) is 6.08 Å². The summed E-state index contributed by atoms with van der Waals surface area (Å²) in [5.74, 6) is -0.521. The van der Waals surface area contributed by atoms with Crippen molar-refractivity contribution in [3.8, 4) is 0 Å². The molecule has 1 aliphatic heterocycles. The van der Waals surface area contributed by atoms with Crippen molar-refractivity contribution >= 4 is 5.97 Å². The van der Waals surface area contributed by atoms with Gasteiger partial charge in [0.15, 0.2) is 0 Å². The lowest BCUT2D eigenvalue weighted by Gasteiger charge is -2.29. The topological polar surface area (TPSA) is 66.8 Å². The maximum Gasteiger partial charge on any atom is 0.331 e. The minimum absolute atomic E-state index is 0.126. The van der Waals surface area contributed by atoms with E-state index in [9.17, 15) is 9.90 Å². The van der Waals surface area contributed by atoms with Gasteiger partial charge in [0.25, 0.3) is 0 Å². The van der Waals surface area contributed by atoms with Crippen LogP contribution < -0.4 is 0 Å². The van der Waals surface area contributed by atoms with Crippen LogP contribution in [0.25, 0.3) is 0 Å². The maximum absolute atomic E-state index is 11.1. The maximum atomic E-state index is 11.1. The predicted molar refractivity (Wildman–Crippen MR) is 59.7 cm³/mol. The molecule has 3 atom stereocenters. The molecule has 0 spiro atoms. The largest absolute Gasteiger partial charge is 0.447 e. The van der Waals surface area contributed by atoms with Crippen LogP contribution in [-0.4, -0.2) is 34.5 Å². The second-order valence-electron chi connectivity index (χ2n) is 4.04. The molecule has 2 N–H and O–H groups in total. The average molecular weight is 226 g/mol. The van der Waals surface area contributed by atoms with E-state index in [4.69, 9.17) is 9.84 Å². The Labute approximate surface area is 95.2 Å². The zero-order valence-electron chi connectivity index (χ0n) is 9.43. The molecule has 0 bridgehead atoms. The molecule has 90 valence electrons. The molecule has 4 nitrogen and oxygen atoms in total. The Kier molecular flexibility index (Phi) is 4.26. The van der Waals surface area contributed by atoms with Crippen molar-refractivity contribution < 1.29 is 19.7 Å². The molecule has 0 saturated heterocycles. The first-order valence-electron chi connectivity index (χ1n) is 5.41. The molecule has 0 aromatic rings. The molecule has 16 heavy (non-hydrogen) atoms. The van der Waals surface area contributed by atoms with E-state index in [0.29, 0.717) is 12.8 Å². The van der Waals surface area contributed by atoms with Crippen molar-refractivity contribution in [2.75, 3.05) is 6.61 Å². The third kappa shape index (κ3) is 2.71. The molecule has 0 radical (unpaired) electrons. The molecule has 0 aromatic carbocycles. The van der Waals surface area contributed by atoms with Crippen molar-refractivity contribution in [3.63, 3.8) is 0 Å². The fraction of sp³-hybridized carbons (Fsp3) is 0.583.